The molecule has 0 bridgehead atoms. The monoisotopic (exact) mass is 404 g/mol. The predicted molar refractivity (Wildman–Crippen MR) is 79.8 cm³/mol. The van der Waals surface area contributed by atoms with Gasteiger partial charge in [-0.3, -0.25) is 14.7 Å². The van der Waals surface area contributed by atoms with Crippen molar-refractivity contribution in [2.24, 2.45) is 0 Å². The minimum Gasteiger partial charge on any atom is -0.361 e. The van der Waals surface area contributed by atoms with Crippen molar-refractivity contribution in [3.05, 3.63) is 33.9 Å². The SMILES string of the molecule is C[C@@H](C1CC(F)(F)CN1c1ccc([N+](=O)[O-])c(C(F)(F)F)c1)S(=O)(=O)O. The average molecular weight is 404 g/mol. The van der Waals surface area contributed by atoms with E-state index in [2.05, 4.69) is 0 Å². The number of nitro benzene ring substituents is 1. The van der Waals surface area contributed by atoms with E-state index in [1.54, 1.807) is 0 Å². The van der Waals surface area contributed by atoms with Crippen molar-refractivity contribution < 1.29 is 39.8 Å². The van der Waals surface area contributed by atoms with Crippen LogP contribution in [0.5, 0.6) is 0 Å². The molecule has 13 heteroatoms. The van der Waals surface area contributed by atoms with Gasteiger partial charge >= 0.3 is 6.18 Å². The highest BCUT2D eigenvalue weighted by molar-refractivity contribution is 7.86. The van der Waals surface area contributed by atoms with Crippen molar-refractivity contribution in [2.75, 3.05) is 11.4 Å². The van der Waals surface area contributed by atoms with Gasteiger partial charge in [-0.2, -0.15) is 21.6 Å². The molecule has 0 saturated carbocycles. The van der Waals surface area contributed by atoms with Crippen LogP contribution in [-0.4, -0.2) is 41.7 Å². The summed E-state index contributed by atoms with van der Waals surface area (Å²) in [4.78, 5) is 10.2. The van der Waals surface area contributed by atoms with Gasteiger partial charge in [-0.25, -0.2) is 8.78 Å². The summed E-state index contributed by atoms with van der Waals surface area (Å²) in [5, 5.41) is 9.06. The van der Waals surface area contributed by atoms with Crippen LogP contribution in [0.3, 0.4) is 0 Å². The highest BCUT2D eigenvalue weighted by Gasteiger charge is 2.50. The molecule has 1 aromatic rings. The zero-order valence-corrected chi connectivity index (χ0v) is 13.9. The molecule has 146 valence electrons. The summed E-state index contributed by atoms with van der Waals surface area (Å²) in [6.07, 6.45) is -6.13. The van der Waals surface area contributed by atoms with E-state index in [-0.39, 0.29) is 0 Å². The zero-order chi connectivity index (χ0) is 20.1. The molecule has 26 heavy (non-hydrogen) atoms. The Morgan fingerprint density at radius 2 is 1.96 bits per heavy atom. The van der Waals surface area contributed by atoms with Gasteiger partial charge in [0.15, 0.2) is 0 Å². The van der Waals surface area contributed by atoms with E-state index >= 15 is 0 Å². The molecular formula is C13H13F5N2O5S. The fraction of sp³-hybridized carbons (Fsp3) is 0.538. The molecule has 1 aliphatic rings. The number of rotatable bonds is 4. The third kappa shape index (κ3) is 4.03. The normalized spacial score (nSPS) is 21.7. The smallest absolute Gasteiger partial charge is 0.361 e. The average Bonchev–Trinajstić information content (AvgIpc) is 2.79. The number of alkyl halides is 5. The molecule has 1 fully saturated rings. The van der Waals surface area contributed by atoms with Crippen molar-refractivity contribution >= 4 is 21.5 Å². The van der Waals surface area contributed by atoms with Gasteiger partial charge in [-0.15, -0.1) is 0 Å². The van der Waals surface area contributed by atoms with E-state index in [1.807, 2.05) is 0 Å². The Hall–Kier alpha value is -2.02. The third-order valence-electron chi connectivity index (χ3n) is 4.14. The second kappa shape index (κ2) is 6.30. The summed E-state index contributed by atoms with van der Waals surface area (Å²) in [7, 11) is -4.74. The molecule has 1 aromatic carbocycles. The first kappa shape index (κ1) is 20.3. The molecule has 1 aliphatic heterocycles. The molecule has 0 amide bonds. The van der Waals surface area contributed by atoms with E-state index in [1.165, 1.54) is 0 Å². The van der Waals surface area contributed by atoms with Gasteiger partial charge < -0.3 is 4.90 Å². The number of nitro groups is 1. The molecule has 2 rings (SSSR count). The second-order valence-corrected chi connectivity index (χ2v) is 7.71. The van der Waals surface area contributed by atoms with Gasteiger partial charge in [0.05, 0.1) is 17.5 Å². The Morgan fingerprint density at radius 3 is 2.42 bits per heavy atom. The van der Waals surface area contributed by atoms with Gasteiger partial charge in [0.1, 0.15) is 10.8 Å². The summed E-state index contributed by atoms with van der Waals surface area (Å²) >= 11 is 0. The Labute approximate surface area is 144 Å². The molecule has 0 aliphatic carbocycles. The largest absolute Gasteiger partial charge is 0.423 e. The van der Waals surface area contributed by atoms with Crippen LogP contribution < -0.4 is 4.90 Å². The van der Waals surface area contributed by atoms with Crippen LogP contribution in [0.1, 0.15) is 18.9 Å². The van der Waals surface area contributed by atoms with Crippen LogP contribution >= 0.6 is 0 Å². The number of benzene rings is 1. The number of hydrogen-bond donors (Lipinski definition) is 1. The predicted octanol–water partition coefficient (Wildman–Crippen LogP) is 3.10. The summed E-state index contributed by atoms with van der Waals surface area (Å²) in [6.45, 7) is -0.142. The van der Waals surface area contributed by atoms with Crippen LogP contribution in [0.15, 0.2) is 18.2 Å². The minimum absolute atomic E-state index is 0.323. The molecule has 0 aromatic heterocycles. The van der Waals surface area contributed by atoms with E-state index in [0.717, 1.165) is 13.0 Å². The van der Waals surface area contributed by atoms with Crippen LogP contribution in [0, 0.1) is 10.1 Å². The molecule has 0 spiro atoms. The second-order valence-electron chi connectivity index (χ2n) is 5.93. The maximum Gasteiger partial charge on any atom is 0.423 e. The van der Waals surface area contributed by atoms with Crippen molar-refractivity contribution in [2.45, 2.75) is 36.7 Å². The maximum absolute atomic E-state index is 13.8. The van der Waals surface area contributed by atoms with Gasteiger partial charge in [0, 0.05) is 18.2 Å². The van der Waals surface area contributed by atoms with E-state index in [0.29, 0.717) is 17.0 Å². The maximum atomic E-state index is 13.8. The number of anilines is 1. The Morgan fingerprint density at radius 1 is 1.38 bits per heavy atom. The summed E-state index contributed by atoms with van der Waals surface area (Å²) in [5.74, 6) is -3.41. The van der Waals surface area contributed by atoms with Crippen molar-refractivity contribution in [3.8, 4) is 0 Å². The zero-order valence-electron chi connectivity index (χ0n) is 13.1. The standard InChI is InChI=1S/C13H13F5N2O5S/c1-7(26(23,24)25)11-5-12(14,15)6-19(11)8-2-3-10(20(21)22)9(4-8)13(16,17)18/h2-4,7,11H,5-6H2,1H3,(H,23,24,25)/t7-,11?/m0/s1. The minimum atomic E-state index is -5.12. The highest BCUT2D eigenvalue weighted by atomic mass is 32.2. The lowest BCUT2D eigenvalue weighted by Gasteiger charge is -2.29. The fourth-order valence-electron chi connectivity index (χ4n) is 2.84. The van der Waals surface area contributed by atoms with Crippen LogP contribution in [-0.2, 0) is 16.3 Å². The first-order chi connectivity index (χ1) is 11.6. The van der Waals surface area contributed by atoms with Gasteiger partial charge in [-0.1, -0.05) is 0 Å². The number of halogens is 5. The Balaban J connectivity index is 2.56. The molecule has 1 saturated heterocycles. The first-order valence-corrected chi connectivity index (χ1v) is 8.60. The van der Waals surface area contributed by atoms with Gasteiger partial charge in [-0.05, 0) is 19.1 Å². The molecule has 1 heterocycles. The van der Waals surface area contributed by atoms with Crippen LogP contribution in [0.2, 0.25) is 0 Å². The Bertz CT molecular complexity index is 827. The van der Waals surface area contributed by atoms with E-state index in [9.17, 15) is 40.5 Å². The fourth-order valence-corrected chi connectivity index (χ4v) is 3.48. The van der Waals surface area contributed by atoms with Gasteiger partial charge in [0.2, 0.25) is 0 Å². The lowest BCUT2D eigenvalue weighted by molar-refractivity contribution is -0.388. The molecule has 7 nitrogen and oxygen atoms in total. The van der Waals surface area contributed by atoms with Crippen LogP contribution in [0.25, 0.3) is 0 Å². The Kier molecular flexibility index (Phi) is 4.92. The summed E-state index contributed by atoms with van der Waals surface area (Å²) in [6, 6.07) is 0.161. The summed E-state index contributed by atoms with van der Waals surface area (Å²) in [5.41, 5.74) is -3.36. The third-order valence-corrected chi connectivity index (χ3v) is 5.39. The molecular weight excluding hydrogens is 391 g/mol. The first-order valence-electron chi connectivity index (χ1n) is 7.10. The van der Waals surface area contributed by atoms with Crippen molar-refractivity contribution in [3.63, 3.8) is 0 Å². The summed E-state index contributed by atoms with van der Waals surface area (Å²) < 4.78 is 98.4. The lowest BCUT2D eigenvalue weighted by atomic mass is 10.1. The molecule has 1 N–H and O–H groups in total. The van der Waals surface area contributed by atoms with Gasteiger partial charge in [0.25, 0.3) is 21.7 Å². The number of nitrogens with zero attached hydrogens (tertiary/aromatic N) is 2. The van der Waals surface area contributed by atoms with Crippen LogP contribution in [0.4, 0.5) is 33.3 Å². The highest BCUT2D eigenvalue weighted by Crippen LogP contribution is 2.42. The van der Waals surface area contributed by atoms with E-state index in [4.69, 9.17) is 4.55 Å². The van der Waals surface area contributed by atoms with Crippen molar-refractivity contribution in [1.29, 1.82) is 0 Å². The molecule has 2 atom stereocenters. The topological polar surface area (TPSA) is 101 Å². The lowest BCUT2D eigenvalue weighted by Crippen LogP contribution is -2.41. The van der Waals surface area contributed by atoms with E-state index < -0.39 is 68.3 Å². The molecule has 1 unspecified atom stereocenters. The van der Waals surface area contributed by atoms with Crippen molar-refractivity contribution in [1.82, 2.24) is 0 Å². The quantitative estimate of drug-likeness (QED) is 0.358. The molecule has 0 radical (unpaired) electrons. The number of hydrogen-bond acceptors (Lipinski definition) is 5.